The van der Waals surface area contributed by atoms with Gasteiger partial charge in [0.15, 0.2) is 5.78 Å². The van der Waals surface area contributed by atoms with Gasteiger partial charge in [-0.2, -0.15) is 0 Å². The fraction of sp³-hybridized carbons (Fsp3) is 0.105. The van der Waals surface area contributed by atoms with Crippen molar-refractivity contribution in [3.63, 3.8) is 0 Å². The molecule has 2 aromatic rings. The molecule has 2 aromatic carbocycles. The average molecular weight is 337 g/mol. The van der Waals surface area contributed by atoms with Crippen molar-refractivity contribution in [1.29, 1.82) is 0 Å². The number of carbonyl (C=O) groups excluding carboxylic acids is 3. The summed E-state index contributed by atoms with van der Waals surface area (Å²) in [5, 5.41) is 10.2. The Kier molecular flexibility index (Phi) is 4.61. The molecule has 0 radical (unpaired) electrons. The Morgan fingerprint density at radius 2 is 1.60 bits per heavy atom. The van der Waals surface area contributed by atoms with E-state index in [1.165, 1.54) is 0 Å². The number of ketones is 1. The molecular formula is C19H15NO5. The van der Waals surface area contributed by atoms with Gasteiger partial charge in [0.1, 0.15) is 17.9 Å². The zero-order valence-electron chi connectivity index (χ0n) is 13.2. The van der Waals surface area contributed by atoms with Crippen molar-refractivity contribution in [2.24, 2.45) is 0 Å². The Bertz CT molecular complexity index is 843. The number of likely N-dealkylation sites (tertiary alicyclic amines) is 1. The summed E-state index contributed by atoms with van der Waals surface area (Å²) in [5.74, 6) is -1.92. The van der Waals surface area contributed by atoms with Gasteiger partial charge in [-0.1, -0.05) is 60.7 Å². The quantitative estimate of drug-likeness (QED) is 0.529. The van der Waals surface area contributed by atoms with E-state index in [-0.39, 0.29) is 6.61 Å². The molecule has 25 heavy (non-hydrogen) atoms. The van der Waals surface area contributed by atoms with E-state index in [0.29, 0.717) is 10.5 Å². The highest BCUT2D eigenvalue weighted by Crippen LogP contribution is 2.24. The normalized spacial score (nSPS) is 16.1. The average Bonchev–Trinajstić information content (AvgIpc) is 2.95. The molecule has 1 heterocycles. The van der Waals surface area contributed by atoms with Crippen LogP contribution < -0.4 is 0 Å². The predicted molar refractivity (Wildman–Crippen MR) is 89.3 cm³/mol. The second-order valence-corrected chi connectivity index (χ2v) is 5.44. The molecule has 0 atom stereocenters. The third-order valence-corrected chi connectivity index (χ3v) is 3.75. The smallest absolute Gasteiger partial charge is 0.417 e. The molecule has 6 nitrogen and oxygen atoms in total. The molecule has 0 saturated carbocycles. The first-order valence-electron chi connectivity index (χ1n) is 7.62. The number of hydrogen-bond acceptors (Lipinski definition) is 5. The van der Waals surface area contributed by atoms with Crippen molar-refractivity contribution >= 4 is 23.5 Å². The third-order valence-electron chi connectivity index (χ3n) is 3.75. The lowest BCUT2D eigenvalue weighted by molar-refractivity contribution is -0.123. The van der Waals surface area contributed by atoms with Gasteiger partial charge in [0.25, 0.3) is 5.91 Å². The zero-order chi connectivity index (χ0) is 17.8. The minimum Gasteiger partial charge on any atom is -0.506 e. The molecule has 2 amide bonds. The van der Waals surface area contributed by atoms with Crippen LogP contribution in [0.3, 0.4) is 0 Å². The SMILES string of the molecule is O=C1CN(C(=O)OCc2ccccc2)C(=O)/C1=C(\O)c1ccccc1. The summed E-state index contributed by atoms with van der Waals surface area (Å²) >= 11 is 0. The highest BCUT2D eigenvalue weighted by molar-refractivity contribution is 6.31. The summed E-state index contributed by atoms with van der Waals surface area (Å²) < 4.78 is 5.07. The van der Waals surface area contributed by atoms with Gasteiger partial charge in [-0.05, 0) is 5.56 Å². The predicted octanol–water partition coefficient (Wildman–Crippen LogP) is 2.70. The summed E-state index contributed by atoms with van der Waals surface area (Å²) in [6.45, 7) is -0.458. The van der Waals surface area contributed by atoms with Gasteiger partial charge in [0, 0.05) is 5.56 Å². The van der Waals surface area contributed by atoms with Crippen LogP contribution in [0.1, 0.15) is 11.1 Å². The Morgan fingerprint density at radius 1 is 1.00 bits per heavy atom. The number of carbonyl (C=O) groups is 3. The van der Waals surface area contributed by atoms with E-state index in [4.69, 9.17) is 4.74 Å². The summed E-state index contributed by atoms with van der Waals surface area (Å²) in [6.07, 6.45) is -0.918. The molecular weight excluding hydrogens is 322 g/mol. The molecule has 1 saturated heterocycles. The number of benzene rings is 2. The molecule has 0 aliphatic carbocycles. The maximum absolute atomic E-state index is 12.4. The van der Waals surface area contributed by atoms with E-state index in [1.54, 1.807) is 54.6 Å². The molecule has 126 valence electrons. The van der Waals surface area contributed by atoms with Crippen molar-refractivity contribution in [2.45, 2.75) is 6.61 Å². The van der Waals surface area contributed by atoms with Crippen molar-refractivity contribution in [3.05, 3.63) is 77.4 Å². The van der Waals surface area contributed by atoms with Gasteiger partial charge in [-0.3, -0.25) is 9.59 Å². The van der Waals surface area contributed by atoms with Crippen LogP contribution in [0.4, 0.5) is 4.79 Å². The Morgan fingerprint density at radius 3 is 2.24 bits per heavy atom. The van der Waals surface area contributed by atoms with Crippen molar-refractivity contribution in [3.8, 4) is 0 Å². The molecule has 1 aliphatic rings. The molecule has 0 aromatic heterocycles. The second-order valence-electron chi connectivity index (χ2n) is 5.44. The minimum absolute atomic E-state index is 0.0125. The fourth-order valence-corrected chi connectivity index (χ4v) is 2.47. The second kappa shape index (κ2) is 7.00. The van der Waals surface area contributed by atoms with Gasteiger partial charge in [-0.25, -0.2) is 9.69 Å². The van der Waals surface area contributed by atoms with Crippen LogP contribution in [0.15, 0.2) is 66.2 Å². The molecule has 0 unspecified atom stereocenters. The largest absolute Gasteiger partial charge is 0.506 e. The monoisotopic (exact) mass is 337 g/mol. The van der Waals surface area contributed by atoms with Gasteiger partial charge >= 0.3 is 6.09 Å². The van der Waals surface area contributed by atoms with Crippen LogP contribution in [0.5, 0.6) is 0 Å². The summed E-state index contributed by atoms with van der Waals surface area (Å²) in [7, 11) is 0. The van der Waals surface area contributed by atoms with Crippen molar-refractivity contribution in [2.75, 3.05) is 6.54 Å². The van der Waals surface area contributed by atoms with E-state index in [9.17, 15) is 19.5 Å². The minimum atomic E-state index is -0.918. The highest BCUT2D eigenvalue weighted by Gasteiger charge is 2.41. The molecule has 0 bridgehead atoms. The molecule has 3 rings (SSSR count). The zero-order valence-corrected chi connectivity index (χ0v) is 13.2. The number of Topliss-reactive ketones (excluding diaryl/α,β-unsaturated/α-hetero) is 1. The van der Waals surface area contributed by atoms with Crippen molar-refractivity contribution < 1.29 is 24.2 Å². The van der Waals surface area contributed by atoms with E-state index >= 15 is 0 Å². The lowest BCUT2D eigenvalue weighted by Crippen LogP contribution is -2.33. The van der Waals surface area contributed by atoms with Gasteiger partial charge in [0.2, 0.25) is 0 Å². The molecule has 1 aliphatic heterocycles. The number of aliphatic hydroxyl groups excluding tert-OH is 1. The first kappa shape index (κ1) is 16.4. The number of amides is 2. The lowest BCUT2D eigenvalue weighted by atomic mass is 10.1. The molecule has 1 N–H and O–H groups in total. The van der Waals surface area contributed by atoms with Gasteiger partial charge < -0.3 is 9.84 Å². The van der Waals surface area contributed by atoms with E-state index in [1.807, 2.05) is 6.07 Å². The van der Waals surface area contributed by atoms with E-state index in [2.05, 4.69) is 0 Å². The Labute approximate surface area is 143 Å². The highest BCUT2D eigenvalue weighted by atomic mass is 16.6. The summed E-state index contributed by atoms with van der Waals surface area (Å²) in [6, 6.07) is 17.2. The number of nitrogens with zero attached hydrogens (tertiary/aromatic N) is 1. The van der Waals surface area contributed by atoms with Gasteiger partial charge in [0.05, 0.1) is 6.54 Å². The first-order valence-corrected chi connectivity index (χ1v) is 7.62. The summed E-state index contributed by atoms with van der Waals surface area (Å²) in [4.78, 5) is 37.3. The number of rotatable bonds is 3. The standard InChI is InChI=1S/C19H15NO5/c21-15-11-20(19(24)25-12-13-7-3-1-4-8-13)18(23)16(15)17(22)14-9-5-2-6-10-14/h1-10,22H,11-12H2/b17-16-. The van der Waals surface area contributed by atoms with Crippen LogP contribution in [0.2, 0.25) is 0 Å². The van der Waals surface area contributed by atoms with Crippen LogP contribution in [-0.2, 0) is 20.9 Å². The van der Waals surface area contributed by atoms with Gasteiger partial charge in [-0.15, -0.1) is 0 Å². The fourth-order valence-electron chi connectivity index (χ4n) is 2.47. The number of hydrogen-bond donors (Lipinski definition) is 1. The maximum Gasteiger partial charge on any atom is 0.417 e. The van der Waals surface area contributed by atoms with E-state index in [0.717, 1.165) is 5.56 Å². The van der Waals surface area contributed by atoms with E-state index < -0.39 is 35.7 Å². The number of aliphatic hydroxyl groups is 1. The molecule has 0 spiro atoms. The Balaban J connectivity index is 1.76. The van der Waals surface area contributed by atoms with Crippen LogP contribution in [0, 0.1) is 0 Å². The topological polar surface area (TPSA) is 83.9 Å². The van der Waals surface area contributed by atoms with Crippen molar-refractivity contribution in [1.82, 2.24) is 4.90 Å². The number of imide groups is 1. The molecule has 1 fully saturated rings. The first-order chi connectivity index (χ1) is 12.1. The summed E-state index contributed by atoms with van der Waals surface area (Å²) in [5.41, 5.74) is 0.693. The number of ether oxygens (including phenoxy) is 1. The van der Waals surface area contributed by atoms with Crippen LogP contribution >= 0.6 is 0 Å². The molecule has 6 heteroatoms. The lowest BCUT2D eigenvalue weighted by Gasteiger charge is -2.12. The third kappa shape index (κ3) is 3.42. The van der Waals surface area contributed by atoms with Crippen LogP contribution in [-0.4, -0.2) is 34.3 Å². The Hall–Kier alpha value is -3.41. The van der Waals surface area contributed by atoms with Crippen LogP contribution in [0.25, 0.3) is 5.76 Å². The maximum atomic E-state index is 12.4.